The van der Waals surface area contributed by atoms with Gasteiger partial charge in [0.15, 0.2) is 0 Å². The monoisotopic (exact) mass is 454 g/mol. The average molecular weight is 454 g/mol. The van der Waals surface area contributed by atoms with Crippen molar-refractivity contribution >= 4 is 29.9 Å². The van der Waals surface area contributed by atoms with Crippen LogP contribution in [0.1, 0.15) is 42.5 Å². The van der Waals surface area contributed by atoms with Crippen molar-refractivity contribution in [2.75, 3.05) is 13.7 Å². The molecule has 0 unspecified atom stereocenters. The SMILES string of the molecule is COc1ccc(C(=O)NCCCC[C@H](OC(=O)N[C@@H](CCC(=O)O)C(=O)O)C(=O)O)cc1. The Morgan fingerprint density at radius 2 is 1.59 bits per heavy atom. The van der Waals surface area contributed by atoms with Crippen LogP contribution in [-0.2, 0) is 19.1 Å². The molecule has 0 heterocycles. The van der Waals surface area contributed by atoms with E-state index in [1.54, 1.807) is 24.3 Å². The smallest absolute Gasteiger partial charge is 0.408 e. The number of ether oxygens (including phenoxy) is 2. The van der Waals surface area contributed by atoms with Crippen LogP contribution in [0.5, 0.6) is 5.75 Å². The van der Waals surface area contributed by atoms with E-state index >= 15 is 0 Å². The standard InChI is InChI=1S/C20H26N2O10/c1-31-13-7-5-12(6-8-13)17(25)21-11-3-2-4-15(19(28)29)32-20(30)22-14(18(26)27)9-10-16(23)24/h5-8,14-15H,2-4,9-11H2,1H3,(H,21,25)(H,22,30)(H,23,24)(H,26,27)(H,28,29)/t14-,15-/m0/s1. The second kappa shape index (κ2) is 13.5. The number of carboxylic acids is 3. The lowest BCUT2D eigenvalue weighted by molar-refractivity contribution is -0.147. The van der Waals surface area contributed by atoms with Crippen LogP contribution in [0.4, 0.5) is 4.79 Å². The predicted octanol–water partition coefficient (Wildman–Crippen LogP) is 1.09. The largest absolute Gasteiger partial charge is 0.497 e. The first-order valence-corrected chi connectivity index (χ1v) is 9.70. The number of amides is 2. The number of hydrogen-bond acceptors (Lipinski definition) is 7. The molecule has 176 valence electrons. The minimum absolute atomic E-state index is 0.0615. The number of carbonyl (C=O) groups excluding carboxylic acids is 2. The Balaban J connectivity index is 2.41. The molecule has 32 heavy (non-hydrogen) atoms. The number of methoxy groups -OCH3 is 1. The maximum atomic E-state index is 12.0. The van der Waals surface area contributed by atoms with E-state index in [0.717, 1.165) is 0 Å². The van der Waals surface area contributed by atoms with Crippen molar-refractivity contribution in [2.45, 2.75) is 44.2 Å². The van der Waals surface area contributed by atoms with Crippen LogP contribution in [0.3, 0.4) is 0 Å². The number of rotatable bonds is 14. The third-order valence-corrected chi connectivity index (χ3v) is 4.29. The molecule has 0 radical (unpaired) electrons. The highest BCUT2D eigenvalue weighted by atomic mass is 16.6. The van der Waals surface area contributed by atoms with Crippen LogP contribution in [-0.4, -0.2) is 71.0 Å². The van der Waals surface area contributed by atoms with Crippen molar-refractivity contribution in [3.05, 3.63) is 29.8 Å². The van der Waals surface area contributed by atoms with Gasteiger partial charge in [0.05, 0.1) is 7.11 Å². The molecule has 5 N–H and O–H groups in total. The zero-order valence-corrected chi connectivity index (χ0v) is 17.4. The van der Waals surface area contributed by atoms with E-state index in [1.165, 1.54) is 7.11 Å². The highest BCUT2D eigenvalue weighted by Crippen LogP contribution is 2.11. The quantitative estimate of drug-likeness (QED) is 0.254. The third-order valence-electron chi connectivity index (χ3n) is 4.29. The van der Waals surface area contributed by atoms with E-state index in [9.17, 15) is 29.1 Å². The molecule has 2 amide bonds. The molecule has 0 saturated heterocycles. The summed E-state index contributed by atoms with van der Waals surface area (Å²) in [7, 11) is 1.51. The Bertz CT molecular complexity index is 809. The fourth-order valence-corrected chi connectivity index (χ4v) is 2.56. The Morgan fingerprint density at radius 3 is 2.12 bits per heavy atom. The zero-order chi connectivity index (χ0) is 24.1. The van der Waals surface area contributed by atoms with Crippen LogP contribution < -0.4 is 15.4 Å². The fourth-order valence-electron chi connectivity index (χ4n) is 2.56. The van der Waals surface area contributed by atoms with Crippen molar-refractivity contribution in [1.82, 2.24) is 10.6 Å². The summed E-state index contributed by atoms with van der Waals surface area (Å²) in [4.78, 5) is 56.8. The second-order valence-corrected chi connectivity index (χ2v) is 6.68. The Morgan fingerprint density at radius 1 is 0.938 bits per heavy atom. The molecule has 1 rings (SSSR count). The van der Waals surface area contributed by atoms with Crippen molar-refractivity contribution in [2.24, 2.45) is 0 Å². The molecule has 0 aromatic heterocycles. The highest BCUT2D eigenvalue weighted by molar-refractivity contribution is 5.94. The molecule has 0 saturated carbocycles. The van der Waals surface area contributed by atoms with Gasteiger partial charge in [-0.05, 0) is 49.9 Å². The molecule has 0 bridgehead atoms. The normalized spacial score (nSPS) is 12.2. The maximum Gasteiger partial charge on any atom is 0.408 e. The molecular formula is C20H26N2O10. The van der Waals surface area contributed by atoms with Gasteiger partial charge in [0.2, 0.25) is 6.10 Å². The lowest BCUT2D eigenvalue weighted by Crippen LogP contribution is -2.43. The first-order valence-electron chi connectivity index (χ1n) is 9.70. The lowest BCUT2D eigenvalue weighted by Gasteiger charge is -2.17. The minimum Gasteiger partial charge on any atom is -0.497 e. The Hall–Kier alpha value is -3.83. The third kappa shape index (κ3) is 9.78. The summed E-state index contributed by atoms with van der Waals surface area (Å²) in [6.45, 7) is 0.264. The fraction of sp³-hybridized carbons (Fsp3) is 0.450. The van der Waals surface area contributed by atoms with Crippen molar-refractivity contribution in [1.29, 1.82) is 0 Å². The van der Waals surface area contributed by atoms with Gasteiger partial charge in [-0.2, -0.15) is 0 Å². The molecular weight excluding hydrogens is 428 g/mol. The van der Waals surface area contributed by atoms with Gasteiger partial charge in [-0.3, -0.25) is 9.59 Å². The van der Waals surface area contributed by atoms with E-state index in [2.05, 4.69) is 5.32 Å². The summed E-state index contributed by atoms with van der Waals surface area (Å²) in [5.41, 5.74) is 0.435. The predicted molar refractivity (Wildman–Crippen MR) is 109 cm³/mol. The van der Waals surface area contributed by atoms with Gasteiger partial charge in [-0.15, -0.1) is 0 Å². The van der Waals surface area contributed by atoms with Gasteiger partial charge in [0, 0.05) is 18.5 Å². The van der Waals surface area contributed by atoms with E-state index in [0.29, 0.717) is 24.2 Å². The first-order chi connectivity index (χ1) is 15.1. The van der Waals surface area contributed by atoms with Crippen LogP contribution in [0.2, 0.25) is 0 Å². The van der Waals surface area contributed by atoms with E-state index in [4.69, 9.17) is 19.7 Å². The molecule has 2 atom stereocenters. The number of aliphatic carboxylic acids is 3. The number of carbonyl (C=O) groups is 5. The number of carboxylic acid groups (broad SMARTS) is 3. The molecule has 1 aromatic rings. The number of alkyl carbamates (subject to hydrolysis) is 1. The molecule has 12 heteroatoms. The van der Waals surface area contributed by atoms with Gasteiger partial charge in [0.1, 0.15) is 11.8 Å². The van der Waals surface area contributed by atoms with Gasteiger partial charge in [-0.1, -0.05) is 0 Å². The van der Waals surface area contributed by atoms with E-state index < -0.39 is 42.6 Å². The van der Waals surface area contributed by atoms with Crippen LogP contribution in [0, 0.1) is 0 Å². The summed E-state index contributed by atoms with van der Waals surface area (Å²) < 4.78 is 9.77. The van der Waals surface area contributed by atoms with E-state index in [1.807, 2.05) is 5.32 Å². The molecule has 0 fully saturated rings. The van der Waals surface area contributed by atoms with Crippen molar-refractivity contribution in [3.63, 3.8) is 0 Å². The van der Waals surface area contributed by atoms with E-state index in [-0.39, 0.29) is 25.3 Å². The first kappa shape index (κ1) is 26.2. The molecule has 1 aromatic carbocycles. The zero-order valence-electron chi connectivity index (χ0n) is 17.4. The molecule has 0 aliphatic carbocycles. The number of unbranched alkanes of at least 4 members (excludes halogenated alkanes) is 1. The molecule has 0 aliphatic heterocycles. The van der Waals surface area contributed by atoms with Gasteiger partial charge in [0.25, 0.3) is 5.91 Å². The minimum atomic E-state index is -1.53. The Kier molecular flexibility index (Phi) is 11.0. The summed E-state index contributed by atoms with van der Waals surface area (Å²) in [5.74, 6) is -3.82. The summed E-state index contributed by atoms with van der Waals surface area (Å²) >= 11 is 0. The summed E-state index contributed by atoms with van der Waals surface area (Å²) in [6.07, 6.45) is -3.03. The number of benzene rings is 1. The molecule has 0 aliphatic rings. The van der Waals surface area contributed by atoms with Crippen molar-refractivity contribution < 1.29 is 48.8 Å². The highest BCUT2D eigenvalue weighted by Gasteiger charge is 2.26. The van der Waals surface area contributed by atoms with Crippen LogP contribution >= 0.6 is 0 Å². The van der Waals surface area contributed by atoms with Crippen LogP contribution in [0.15, 0.2) is 24.3 Å². The van der Waals surface area contributed by atoms with Crippen molar-refractivity contribution in [3.8, 4) is 5.75 Å². The summed E-state index contributed by atoms with van der Waals surface area (Å²) in [5, 5.41) is 31.5. The average Bonchev–Trinajstić information content (AvgIpc) is 2.74. The number of nitrogens with one attached hydrogen (secondary N) is 2. The van der Waals surface area contributed by atoms with Gasteiger partial charge < -0.3 is 35.4 Å². The Labute approximate surface area is 183 Å². The van der Waals surface area contributed by atoms with Gasteiger partial charge >= 0.3 is 24.0 Å². The molecule has 12 nitrogen and oxygen atoms in total. The maximum absolute atomic E-state index is 12.0. The second-order valence-electron chi connectivity index (χ2n) is 6.68. The van der Waals surface area contributed by atoms with Crippen LogP contribution in [0.25, 0.3) is 0 Å². The van der Waals surface area contributed by atoms with Gasteiger partial charge in [-0.25, -0.2) is 14.4 Å². The summed E-state index contributed by atoms with van der Waals surface area (Å²) in [6, 6.07) is 4.96. The number of hydrogen-bond donors (Lipinski definition) is 5. The lowest BCUT2D eigenvalue weighted by atomic mass is 10.1. The molecule has 0 spiro atoms. The topological polar surface area (TPSA) is 189 Å².